The Labute approximate surface area is 115 Å². The van der Waals surface area contributed by atoms with Crippen LogP contribution in [0.15, 0.2) is 0 Å². The monoisotopic (exact) mass is 270 g/mol. The summed E-state index contributed by atoms with van der Waals surface area (Å²) in [5.74, 6) is -1.43. The molecule has 1 rings (SSSR count). The zero-order chi connectivity index (χ0) is 14.5. The highest BCUT2D eigenvalue weighted by Gasteiger charge is 2.25. The maximum atomic E-state index is 11.6. The summed E-state index contributed by atoms with van der Waals surface area (Å²) < 4.78 is 0. The Morgan fingerprint density at radius 2 is 1.95 bits per heavy atom. The molecule has 1 atom stereocenters. The zero-order valence-corrected chi connectivity index (χ0v) is 12.2. The van der Waals surface area contributed by atoms with Crippen LogP contribution >= 0.6 is 0 Å². The van der Waals surface area contributed by atoms with E-state index < -0.39 is 11.9 Å². The molecular formula is C14H26N2O3. The second-order valence-electron chi connectivity index (χ2n) is 6.58. The van der Waals surface area contributed by atoms with Crippen LogP contribution < -0.4 is 10.6 Å². The lowest BCUT2D eigenvalue weighted by atomic mass is 9.84. The van der Waals surface area contributed by atoms with Crippen molar-refractivity contribution in [3.63, 3.8) is 0 Å². The minimum Gasteiger partial charge on any atom is -0.481 e. The Balaban J connectivity index is 2.21. The van der Waals surface area contributed by atoms with Gasteiger partial charge in [0.25, 0.3) is 0 Å². The number of aliphatic carboxylic acids is 1. The molecule has 1 aliphatic carbocycles. The first-order valence-electron chi connectivity index (χ1n) is 7.01. The molecule has 19 heavy (non-hydrogen) atoms. The molecule has 0 radical (unpaired) electrons. The van der Waals surface area contributed by atoms with Gasteiger partial charge in [-0.15, -0.1) is 0 Å². The molecule has 1 aliphatic rings. The zero-order valence-electron chi connectivity index (χ0n) is 12.2. The third-order valence-corrected chi connectivity index (χ3v) is 3.12. The second kappa shape index (κ2) is 6.89. The molecule has 110 valence electrons. The van der Waals surface area contributed by atoms with Crippen molar-refractivity contribution in [2.75, 3.05) is 13.1 Å². The number of rotatable bonds is 8. The predicted molar refractivity (Wildman–Crippen MR) is 73.8 cm³/mol. The van der Waals surface area contributed by atoms with Gasteiger partial charge in [0.2, 0.25) is 5.91 Å². The van der Waals surface area contributed by atoms with Crippen LogP contribution in [-0.2, 0) is 9.59 Å². The Kier molecular flexibility index (Phi) is 5.79. The summed E-state index contributed by atoms with van der Waals surface area (Å²) in [4.78, 5) is 22.7. The van der Waals surface area contributed by atoms with Gasteiger partial charge in [0.05, 0.1) is 5.92 Å². The molecule has 3 N–H and O–H groups in total. The van der Waals surface area contributed by atoms with Crippen LogP contribution in [0.5, 0.6) is 0 Å². The molecule has 0 spiro atoms. The molecule has 1 fully saturated rings. The van der Waals surface area contributed by atoms with Gasteiger partial charge in [-0.1, -0.05) is 20.8 Å². The Bertz CT molecular complexity index is 319. The van der Waals surface area contributed by atoms with Crippen molar-refractivity contribution in [3.8, 4) is 0 Å². The van der Waals surface area contributed by atoms with Crippen molar-refractivity contribution in [2.24, 2.45) is 11.3 Å². The molecule has 0 bridgehead atoms. The molecule has 0 heterocycles. The van der Waals surface area contributed by atoms with Gasteiger partial charge in [0.1, 0.15) is 0 Å². The number of nitrogens with one attached hydrogen (secondary N) is 2. The summed E-state index contributed by atoms with van der Waals surface area (Å²) in [6.45, 7) is 6.90. The summed E-state index contributed by atoms with van der Waals surface area (Å²) >= 11 is 0. The maximum absolute atomic E-state index is 11.6. The van der Waals surface area contributed by atoms with Gasteiger partial charge in [0.15, 0.2) is 0 Å². The molecule has 0 aromatic heterocycles. The fourth-order valence-electron chi connectivity index (χ4n) is 1.99. The number of carboxylic acid groups (broad SMARTS) is 1. The van der Waals surface area contributed by atoms with Gasteiger partial charge < -0.3 is 15.7 Å². The van der Waals surface area contributed by atoms with E-state index in [1.54, 1.807) is 0 Å². The van der Waals surface area contributed by atoms with Crippen LogP contribution in [0.2, 0.25) is 0 Å². The molecule has 0 saturated heterocycles. The third-order valence-electron chi connectivity index (χ3n) is 3.12. The number of hydrogen-bond acceptors (Lipinski definition) is 3. The molecule has 0 aromatic rings. The molecule has 5 nitrogen and oxygen atoms in total. The summed E-state index contributed by atoms with van der Waals surface area (Å²) in [6, 6.07) is 0.598. The minimum absolute atomic E-state index is 0.0543. The van der Waals surface area contributed by atoms with Crippen LogP contribution in [0.4, 0.5) is 0 Å². The minimum atomic E-state index is -0.841. The van der Waals surface area contributed by atoms with Gasteiger partial charge in [-0.05, 0) is 24.7 Å². The molecule has 1 saturated carbocycles. The van der Waals surface area contributed by atoms with Crippen molar-refractivity contribution in [2.45, 2.75) is 52.5 Å². The summed E-state index contributed by atoms with van der Waals surface area (Å²) in [6.07, 6.45) is 3.38. The number of hydrogen-bond donors (Lipinski definition) is 3. The van der Waals surface area contributed by atoms with E-state index in [-0.39, 0.29) is 17.9 Å². The highest BCUT2D eigenvalue weighted by Crippen LogP contribution is 2.24. The van der Waals surface area contributed by atoms with Crippen molar-refractivity contribution in [3.05, 3.63) is 0 Å². The van der Waals surface area contributed by atoms with E-state index >= 15 is 0 Å². The highest BCUT2D eigenvalue weighted by atomic mass is 16.4. The van der Waals surface area contributed by atoms with E-state index in [1.807, 2.05) is 20.8 Å². The van der Waals surface area contributed by atoms with E-state index in [4.69, 9.17) is 5.11 Å². The largest absolute Gasteiger partial charge is 0.481 e. The van der Waals surface area contributed by atoms with Crippen LogP contribution in [0.1, 0.15) is 46.5 Å². The fourth-order valence-corrected chi connectivity index (χ4v) is 1.99. The van der Waals surface area contributed by atoms with E-state index in [0.29, 0.717) is 25.4 Å². The topological polar surface area (TPSA) is 78.4 Å². The number of amides is 1. The van der Waals surface area contributed by atoms with Crippen molar-refractivity contribution >= 4 is 11.9 Å². The van der Waals surface area contributed by atoms with Crippen LogP contribution in [0.25, 0.3) is 0 Å². The van der Waals surface area contributed by atoms with E-state index in [9.17, 15) is 9.59 Å². The van der Waals surface area contributed by atoms with Crippen LogP contribution in [0.3, 0.4) is 0 Å². The molecule has 0 aliphatic heterocycles. The van der Waals surface area contributed by atoms with Crippen LogP contribution in [0, 0.1) is 11.3 Å². The quantitative estimate of drug-likeness (QED) is 0.622. The molecular weight excluding hydrogens is 244 g/mol. The molecule has 1 amide bonds. The molecule has 5 heteroatoms. The van der Waals surface area contributed by atoms with E-state index in [1.165, 1.54) is 12.8 Å². The van der Waals surface area contributed by atoms with Gasteiger partial charge in [-0.25, -0.2) is 0 Å². The number of carbonyl (C=O) groups excluding carboxylic acids is 1. The number of carbonyl (C=O) groups is 2. The predicted octanol–water partition coefficient (Wildman–Crippen LogP) is 1.38. The smallest absolute Gasteiger partial charge is 0.308 e. The Morgan fingerprint density at radius 3 is 2.42 bits per heavy atom. The SMILES string of the molecule is CC(C)(C)CC(CNC(=O)CCNC1CC1)C(=O)O. The lowest BCUT2D eigenvalue weighted by molar-refractivity contribution is -0.142. The first-order chi connectivity index (χ1) is 8.78. The van der Waals surface area contributed by atoms with E-state index in [0.717, 1.165) is 0 Å². The normalized spacial score (nSPS) is 17.0. The highest BCUT2D eigenvalue weighted by molar-refractivity contribution is 5.77. The van der Waals surface area contributed by atoms with Gasteiger partial charge in [0, 0.05) is 25.6 Å². The second-order valence-corrected chi connectivity index (χ2v) is 6.58. The maximum Gasteiger partial charge on any atom is 0.308 e. The lowest BCUT2D eigenvalue weighted by Gasteiger charge is -2.23. The van der Waals surface area contributed by atoms with Crippen LogP contribution in [-0.4, -0.2) is 36.1 Å². The van der Waals surface area contributed by atoms with Crippen molar-refractivity contribution < 1.29 is 14.7 Å². The lowest BCUT2D eigenvalue weighted by Crippen LogP contribution is -2.36. The van der Waals surface area contributed by atoms with Gasteiger partial charge >= 0.3 is 5.97 Å². The van der Waals surface area contributed by atoms with Gasteiger partial charge in [-0.3, -0.25) is 9.59 Å². The molecule has 1 unspecified atom stereocenters. The standard InChI is InChI=1S/C14H26N2O3/c1-14(2,3)8-10(13(18)19)9-16-12(17)6-7-15-11-4-5-11/h10-11,15H,4-9H2,1-3H3,(H,16,17)(H,18,19). The average molecular weight is 270 g/mol. The first-order valence-corrected chi connectivity index (χ1v) is 7.01. The summed E-state index contributed by atoms with van der Waals surface area (Å²) in [5, 5.41) is 15.1. The summed E-state index contributed by atoms with van der Waals surface area (Å²) in [5.41, 5.74) is -0.0543. The number of carboxylic acids is 1. The third kappa shape index (κ3) is 7.82. The fraction of sp³-hybridized carbons (Fsp3) is 0.857. The van der Waals surface area contributed by atoms with Crippen molar-refractivity contribution in [1.29, 1.82) is 0 Å². The Morgan fingerprint density at radius 1 is 1.32 bits per heavy atom. The van der Waals surface area contributed by atoms with Gasteiger partial charge in [-0.2, -0.15) is 0 Å². The first kappa shape index (κ1) is 16.0. The summed E-state index contributed by atoms with van der Waals surface area (Å²) in [7, 11) is 0. The average Bonchev–Trinajstić information content (AvgIpc) is 3.06. The Hall–Kier alpha value is -1.10. The van der Waals surface area contributed by atoms with E-state index in [2.05, 4.69) is 10.6 Å². The van der Waals surface area contributed by atoms with Crippen molar-refractivity contribution in [1.82, 2.24) is 10.6 Å². The molecule has 0 aromatic carbocycles.